The van der Waals surface area contributed by atoms with Gasteiger partial charge in [-0.1, -0.05) is 5.16 Å². The Labute approximate surface area is 99.3 Å². The highest BCUT2D eigenvalue weighted by molar-refractivity contribution is 5.22. The summed E-state index contributed by atoms with van der Waals surface area (Å²) in [4.78, 5) is 8.34. The van der Waals surface area contributed by atoms with Crippen LogP contribution in [0.1, 0.15) is 36.2 Å². The molecule has 1 aliphatic rings. The van der Waals surface area contributed by atoms with Gasteiger partial charge in [0.2, 0.25) is 5.89 Å². The van der Waals surface area contributed by atoms with E-state index in [-0.39, 0.29) is 6.04 Å². The van der Waals surface area contributed by atoms with Gasteiger partial charge >= 0.3 is 0 Å². The van der Waals surface area contributed by atoms with Crippen molar-refractivity contribution in [2.75, 3.05) is 0 Å². The maximum atomic E-state index is 5.05. The second-order valence-corrected chi connectivity index (χ2v) is 4.33. The minimum atomic E-state index is 0.00273. The van der Waals surface area contributed by atoms with Gasteiger partial charge in [-0.05, 0) is 30.5 Å². The van der Waals surface area contributed by atoms with E-state index in [2.05, 4.69) is 20.4 Å². The van der Waals surface area contributed by atoms with Crippen LogP contribution in [-0.2, 0) is 0 Å². The van der Waals surface area contributed by atoms with E-state index in [0.717, 1.165) is 5.56 Å². The summed E-state index contributed by atoms with van der Waals surface area (Å²) in [5.74, 6) is 1.29. The fraction of sp³-hybridized carbons (Fsp3) is 0.417. The number of nitrogens with zero attached hydrogens (tertiary/aromatic N) is 3. The lowest BCUT2D eigenvalue weighted by Gasteiger charge is -2.14. The monoisotopic (exact) mass is 230 g/mol. The number of hydrogen-bond donors (Lipinski definition) is 1. The molecule has 0 bridgehead atoms. The molecule has 0 amide bonds. The maximum Gasteiger partial charge on any atom is 0.223 e. The van der Waals surface area contributed by atoms with E-state index >= 15 is 0 Å². The van der Waals surface area contributed by atoms with Crippen LogP contribution in [-0.4, -0.2) is 21.2 Å². The lowest BCUT2D eigenvalue weighted by atomic mass is 10.1. The molecule has 2 heterocycles. The Bertz CT molecular complexity index is 492. The molecule has 1 aliphatic carbocycles. The summed E-state index contributed by atoms with van der Waals surface area (Å²) < 4.78 is 5.05. The molecule has 0 aromatic carbocycles. The summed E-state index contributed by atoms with van der Waals surface area (Å²) in [7, 11) is 0. The Balaban J connectivity index is 1.91. The standard InChI is InChI=1S/C12H14N4O/c1-8-14-12(16-17-8)11(15-10-2-3-10)9-4-6-13-7-5-9/h4-7,10-11,15H,2-3H2,1H3/t11-/m0/s1. The molecule has 5 heteroatoms. The van der Waals surface area contributed by atoms with Crippen molar-refractivity contribution in [1.82, 2.24) is 20.4 Å². The van der Waals surface area contributed by atoms with Crippen molar-refractivity contribution < 1.29 is 4.52 Å². The zero-order valence-electron chi connectivity index (χ0n) is 9.63. The molecule has 5 nitrogen and oxygen atoms in total. The quantitative estimate of drug-likeness (QED) is 0.864. The lowest BCUT2D eigenvalue weighted by molar-refractivity contribution is 0.381. The van der Waals surface area contributed by atoms with E-state index in [1.807, 2.05) is 12.1 Å². The second-order valence-electron chi connectivity index (χ2n) is 4.33. The van der Waals surface area contributed by atoms with Crippen LogP contribution < -0.4 is 5.32 Å². The largest absolute Gasteiger partial charge is 0.340 e. The second kappa shape index (κ2) is 4.25. The number of aryl methyl sites for hydroxylation is 1. The van der Waals surface area contributed by atoms with Crippen LogP contribution in [0.2, 0.25) is 0 Å². The smallest absolute Gasteiger partial charge is 0.223 e. The van der Waals surface area contributed by atoms with E-state index in [1.165, 1.54) is 12.8 Å². The van der Waals surface area contributed by atoms with Gasteiger partial charge in [-0.25, -0.2) is 0 Å². The molecule has 0 radical (unpaired) electrons. The van der Waals surface area contributed by atoms with Crippen molar-refractivity contribution in [1.29, 1.82) is 0 Å². The molecule has 1 N–H and O–H groups in total. The molecule has 88 valence electrons. The highest BCUT2D eigenvalue weighted by Gasteiger charge is 2.28. The molecule has 0 spiro atoms. The molecular weight excluding hydrogens is 216 g/mol. The molecule has 2 aromatic heterocycles. The predicted octanol–water partition coefficient (Wildman–Crippen LogP) is 1.61. The summed E-state index contributed by atoms with van der Waals surface area (Å²) in [5, 5.41) is 7.53. The third-order valence-electron chi connectivity index (χ3n) is 2.82. The third-order valence-corrected chi connectivity index (χ3v) is 2.82. The first-order valence-electron chi connectivity index (χ1n) is 5.79. The van der Waals surface area contributed by atoms with Crippen LogP contribution in [0.15, 0.2) is 29.0 Å². The van der Waals surface area contributed by atoms with E-state index in [9.17, 15) is 0 Å². The molecule has 1 fully saturated rings. The van der Waals surface area contributed by atoms with Crippen molar-refractivity contribution in [2.24, 2.45) is 0 Å². The van der Waals surface area contributed by atoms with Crippen molar-refractivity contribution in [3.05, 3.63) is 41.8 Å². The first-order chi connectivity index (χ1) is 8.33. The third kappa shape index (κ3) is 2.34. The number of rotatable bonds is 4. The fourth-order valence-electron chi connectivity index (χ4n) is 1.79. The first kappa shape index (κ1) is 10.4. The summed E-state index contributed by atoms with van der Waals surface area (Å²) in [6.45, 7) is 1.80. The minimum Gasteiger partial charge on any atom is -0.340 e. The number of nitrogens with one attached hydrogen (secondary N) is 1. The molecule has 17 heavy (non-hydrogen) atoms. The Kier molecular flexibility index (Phi) is 2.60. The molecule has 3 rings (SSSR count). The normalized spacial score (nSPS) is 17.0. The van der Waals surface area contributed by atoms with Crippen LogP contribution in [0.3, 0.4) is 0 Å². The maximum absolute atomic E-state index is 5.05. The van der Waals surface area contributed by atoms with E-state index in [4.69, 9.17) is 4.52 Å². The summed E-state index contributed by atoms with van der Waals surface area (Å²) in [5.41, 5.74) is 1.12. The molecule has 0 aliphatic heterocycles. The van der Waals surface area contributed by atoms with E-state index in [0.29, 0.717) is 17.8 Å². The average Bonchev–Trinajstić information content (AvgIpc) is 3.08. The predicted molar refractivity (Wildman–Crippen MR) is 61.3 cm³/mol. The van der Waals surface area contributed by atoms with Gasteiger partial charge in [0.15, 0.2) is 5.82 Å². The van der Waals surface area contributed by atoms with Crippen molar-refractivity contribution in [3.8, 4) is 0 Å². The minimum absolute atomic E-state index is 0.00273. The van der Waals surface area contributed by atoms with Gasteiger partial charge < -0.3 is 9.84 Å². The average molecular weight is 230 g/mol. The van der Waals surface area contributed by atoms with Gasteiger partial charge in [0.25, 0.3) is 0 Å². The Morgan fingerprint density at radius 1 is 1.35 bits per heavy atom. The summed E-state index contributed by atoms with van der Waals surface area (Å²) >= 11 is 0. The highest BCUT2D eigenvalue weighted by Crippen LogP contribution is 2.27. The van der Waals surface area contributed by atoms with E-state index < -0.39 is 0 Å². The van der Waals surface area contributed by atoms with Crippen molar-refractivity contribution in [3.63, 3.8) is 0 Å². The zero-order valence-corrected chi connectivity index (χ0v) is 9.63. The van der Waals surface area contributed by atoms with Gasteiger partial charge in [0.05, 0.1) is 6.04 Å². The summed E-state index contributed by atoms with van der Waals surface area (Å²) in [6.07, 6.45) is 6.00. The van der Waals surface area contributed by atoms with Crippen LogP contribution >= 0.6 is 0 Å². The Hall–Kier alpha value is -1.75. The molecular formula is C12H14N4O. The van der Waals surface area contributed by atoms with Crippen LogP contribution in [0.25, 0.3) is 0 Å². The molecule has 2 aromatic rings. The first-order valence-corrected chi connectivity index (χ1v) is 5.79. The topological polar surface area (TPSA) is 63.8 Å². The van der Waals surface area contributed by atoms with Gasteiger partial charge in [-0.2, -0.15) is 4.98 Å². The van der Waals surface area contributed by atoms with Crippen molar-refractivity contribution in [2.45, 2.75) is 31.8 Å². The van der Waals surface area contributed by atoms with Gasteiger partial charge in [-0.3, -0.25) is 4.98 Å². The van der Waals surface area contributed by atoms with Gasteiger partial charge in [-0.15, -0.1) is 0 Å². The summed E-state index contributed by atoms with van der Waals surface area (Å²) in [6, 6.07) is 4.53. The zero-order chi connectivity index (χ0) is 11.7. The van der Waals surface area contributed by atoms with Crippen LogP contribution in [0.5, 0.6) is 0 Å². The number of pyridine rings is 1. The number of hydrogen-bond acceptors (Lipinski definition) is 5. The van der Waals surface area contributed by atoms with Gasteiger partial charge in [0, 0.05) is 25.4 Å². The SMILES string of the molecule is Cc1nc([C@@H](NC2CC2)c2ccncc2)no1. The lowest BCUT2D eigenvalue weighted by Crippen LogP contribution is -2.25. The van der Waals surface area contributed by atoms with Gasteiger partial charge in [0.1, 0.15) is 0 Å². The van der Waals surface area contributed by atoms with Crippen molar-refractivity contribution >= 4 is 0 Å². The Morgan fingerprint density at radius 2 is 2.12 bits per heavy atom. The molecule has 0 saturated heterocycles. The van der Waals surface area contributed by atoms with E-state index in [1.54, 1.807) is 19.3 Å². The Morgan fingerprint density at radius 3 is 2.71 bits per heavy atom. The molecule has 1 saturated carbocycles. The molecule has 1 atom stereocenters. The fourth-order valence-corrected chi connectivity index (χ4v) is 1.79. The number of aromatic nitrogens is 3. The molecule has 0 unspecified atom stereocenters. The van der Waals surface area contributed by atoms with Crippen LogP contribution in [0, 0.1) is 6.92 Å². The van der Waals surface area contributed by atoms with Crippen LogP contribution in [0.4, 0.5) is 0 Å². The highest BCUT2D eigenvalue weighted by atomic mass is 16.5.